The smallest absolute Gasteiger partial charge is 0.410 e. The highest BCUT2D eigenvalue weighted by Crippen LogP contribution is 2.72. The lowest BCUT2D eigenvalue weighted by Crippen LogP contribution is -2.64. The predicted molar refractivity (Wildman–Crippen MR) is 385 cm³/mol. The van der Waals surface area contributed by atoms with Crippen LogP contribution in [0.4, 0.5) is 15.7 Å². The second kappa shape index (κ2) is 31.8. The topological polar surface area (TPSA) is 394 Å². The molecule has 2 unspecified atom stereocenters. The van der Waals surface area contributed by atoms with Crippen molar-refractivity contribution in [2.75, 3.05) is 82.5 Å². The molecule has 570 valence electrons. The molecule has 4 aliphatic carbocycles. The third kappa shape index (κ3) is 17.1. The number of aromatic carboxylic acids is 1. The third-order valence-electron chi connectivity index (χ3n) is 21.8. The van der Waals surface area contributed by atoms with Crippen molar-refractivity contribution >= 4 is 80.1 Å². The largest absolute Gasteiger partial charge is 0.491 e. The minimum absolute atomic E-state index is 0.00406. The average Bonchev–Trinajstić information content (AvgIpc) is 0.808. The molecule has 4 saturated carbocycles. The number of aromatic nitrogens is 4. The van der Waals surface area contributed by atoms with Crippen molar-refractivity contribution in [1.82, 2.24) is 39.8 Å². The van der Waals surface area contributed by atoms with Gasteiger partial charge in [0.1, 0.15) is 48.8 Å². The molecule has 6 aromatic rings. The number of hydrogen-bond donors (Lipinski definition) is 8. The molecule has 8 aliphatic rings. The highest BCUT2D eigenvalue weighted by atomic mass is 32.1. The Morgan fingerprint density at radius 3 is 2.29 bits per heavy atom. The van der Waals surface area contributed by atoms with Crippen LogP contribution in [0.2, 0.25) is 0 Å². The molecule has 3 aromatic heterocycles. The van der Waals surface area contributed by atoms with Crippen molar-refractivity contribution in [2.24, 2.45) is 16.2 Å². The fraction of sp³-hybridized carbons (Fsp3) is 0.513. The fourth-order valence-corrected chi connectivity index (χ4v) is 18.9. The Morgan fingerprint density at radius 2 is 1.55 bits per heavy atom. The lowest BCUT2D eigenvalue weighted by molar-refractivity contribution is -0.271. The molecule has 7 heterocycles. The van der Waals surface area contributed by atoms with Crippen LogP contribution in [0.3, 0.4) is 0 Å². The number of aliphatic carboxylic acids is 2. The molecule has 2 saturated heterocycles. The first-order valence-electron chi connectivity index (χ1n) is 36.3. The number of anilines is 2. The van der Waals surface area contributed by atoms with E-state index in [4.69, 9.17) is 38.5 Å². The first-order valence-corrected chi connectivity index (χ1v) is 37.1. The molecule has 0 radical (unpaired) electrons. The minimum atomic E-state index is -1.95. The van der Waals surface area contributed by atoms with E-state index in [1.807, 2.05) is 65.0 Å². The molecule has 8 N–H and O–H groups in total. The van der Waals surface area contributed by atoms with Crippen molar-refractivity contribution in [1.29, 1.82) is 0 Å². The number of likely N-dealkylation sites (tertiary alicyclic amines) is 1. The van der Waals surface area contributed by atoms with E-state index < -0.39 is 78.0 Å². The van der Waals surface area contributed by atoms with Crippen LogP contribution in [0.1, 0.15) is 128 Å². The summed E-state index contributed by atoms with van der Waals surface area (Å²) in [5.74, 6) is -4.69. The molecule has 0 spiro atoms. The zero-order chi connectivity index (χ0) is 75.5. The van der Waals surface area contributed by atoms with Crippen LogP contribution < -0.4 is 25.0 Å². The maximum absolute atomic E-state index is 13.9. The minimum Gasteiger partial charge on any atom is -0.491 e. The molecule has 107 heavy (non-hydrogen) atoms. The van der Waals surface area contributed by atoms with Gasteiger partial charge >= 0.3 is 24.0 Å². The molecule has 3 aromatic carbocycles. The number of nitrogens with zero attached hydrogens (tertiary/aromatic N) is 8. The Labute approximate surface area is 620 Å². The van der Waals surface area contributed by atoms with Crippen LogP contribution in [0.15, 0.2) is 91.1 Å². The van der Waals surface area contributed by atoms with Crippen molar-refractivity contribution in [3.8, 4) is 22.6 Å². The summed E-state index contributed by atoms with van der Waals surface area (Å²) < 4.78 is 39.0. The van der Waals surface area contributed by atoms with Crippen LogP contribution >= 0.6 is 11.3 Å². The van der Waals surface area contributed by atoms with Gasteiger partial charge in [0.25, 0.3) is 17.7 Å². The number of hydrogen-bond acceptors (Lipinski definition) is 23. The van der Waals surface area contributed by atoms with E-state index >= 15 is 0 Å². The van der Waals surface area contributed by atoms with E-state index in [2.05, 4.69) is 34.4 Å². The Kier molecular flexibility index (Phi) is 22.5. The summed E-state index contributed by atoms with van der Waals surface area (Å²) >= 11 is 1.41. The summed E-state index contributed by atoms with van der Waals surface area (Å²) in [6, 6.07) is 21.4. The maximum atomic E-state index is 13.9. The second-order valence-electron chi connectivity index (χ2n) is 30.1. The molecule has 5 amide bonds. The number of thiazole rings is 1. The monoisotopic (exact) mass is 1490 g/mol. The number of carboxylic acids is 3. The van der Waals surface area contributed by atoms with Gasteiger partial charge in [-0.2, -0.15) is 5.10 Å². The standard InChI is InChI=1S/C76H90N10O20S/c1-45-52(50-15-16-57(80-62(50)68(96)97)84-25-19-46-8-6-9-51(53(46)36-84)67(95)81-71-79-54-10-4-5-11-56(54)107-71)35-78-86(45)44-75-39-73(2)38-74(3,40-75)42-76(41-73,43-75)104-31-29-82(24-7-12-61(90)91)48-20-26-83(27-21-48)72(100)103-37-47-13-14-49(105-70-65(94)63(92)64(93)66(106-70)69(98)99)34-55(47)102-33-32-101-30-23-77-58(87)22-28-85-59(88)17-18-60(85)89/h4-6,8-11,13-18,34-35,48,63-66,70,92-94H,7,12,19-33,36-44H2,1-3H3,(H,77,87)(H,90,91)(H,96,97)(H,98,99)(H,79,81,95)/t63-,64-,65+,66-,70+,73?,74?,75?,76?/m0/s1. The summed E-state index contributed by atoms with van der Waals surface area (Å²) in [5, 5.41) is 72.6. The van der Waals surface area contributed by atoms with Gasteiger partial charge in [-0.05, 0) is 148 Å². The molecule has 31 heteroatoms. The lowest BCUT2D eigenvalue weighted by atomic mass is 9.39. The quantitative estimate of drug-likeness (QED) is 0.0168. The number of rotatable bonds is 31. The number of amides is 5. The summed E-state index contributed by atoms with van der Waals surface area (Å²) in [4.78, 5) is 117. The van der Waals surface area contributed by atoms with Crippen LogP contribution in [0.25, 0.3) is 21.3 Å². The number of para-hydroxylation sites is 1. The number of fused-ring (bicyclic) bond motifs is 2. The Hall–Kier alpha value is -9.47. The van der Waals surface area contributed by atoms with Gasteiger partial charge in [-0.15, -0.1) is 0 Å². The summed E-state index contributed by atoms with van der Waals surface area (Å²) in [6.45, 7) is 10.2. The molecule has 6 fully saturated rings. The van der Waals surface area contributed by atoms with E-state index in [1.54, 1.807) is 17.2 Å². The van der Waals surface area contributed by atoms with Gasteiger partial charge in [-0.3, -0.25) is 43.8 Å². The van der Waals surface area contributed by atoms with E-state index in [-0.39, 0.29) is 97.7 Å². The van der Waals surface area contributed by atoms with Gasteiger partial charge in [-0.25, -0.2) is 24.4 Å². The Balaban J connectivity index is 0.623. The normalized spacial score (nSPS) is 25.3. The number of aliphatic hydroxyl groups excluding tert-OH is 3. The van der Waals surface area contributed by atoms with Crippen molar-refractivity contribution in [3.05, 3.63) is 125 Å². The third-order valence-corrected chi connectivity index (χ3v) is 22.8. The molecule has 14 rings (SSSR count). The molecular formula is C76H90N10O20S. The van der Waals surface area contributed by atoms with Gasteiger partial charge in [0.2, 0.25) is 12.2 Å². The highest BCUT2D eigenvalue weighted by Gasteiger charge is 2.66. The van der Waals surface area contributed by atoms with Crippen LogP contribution in [0, 0.1) is 23.2 Å². The lowest BCUT2D eigenvalue weighted by Gasteiger charge is -2.69. The number of aliphatic hydroxyl groups is 3. The summed E-state index contributed by atoms with van der Waals surface area (Å²) in [5.41, 5.74) is 4.82. The van der Waals surface area contributed by atoms with Crippen LogP contribution in [0.5, 0.6) is 11.5 Å². The molecule has 4 bridgehead atoms. The van der Waals surface area contributed by atoms with Crippen LogP contribution in [-0.2, 0) is 69.0 Å². The van der Waals surface area contributed by atoms with E-state index in [9.17, 15) is 69.0 Å². The number of pyridine rings is 1. The maximum Gasteiger partial charge on any atom is 0.410 e. The first-order chi connectivity index (χ1) is 51.2. The number of nitrogens with one attached hydrogen (secondary N) is 2. The van der Waals surface area contributed by atoms with E-state index in [1.165, 1.54) is 29.5 Å². The van der Waals surface area contributed by atoms with Gasteiger partial charge in [-0.1, -0.05) is 49.4 Å². The molecule has 4 aliphatic heterocycles. The van der Waals surface area contributed by atoms with E-state index in [0.29, 0.717) is 111 Å². The molecule has 7 atom stereocenters. The zero-order valence-electron chi connectivity index (χ0n) is 59.9. The van der Waals surface area contributed by atoms with Crippen molar-refractivity contribution in [2.45, 2.75) is 160 Å². The summed E-state index contributed by atoms with van der Waals surface area (Å²) in [6.07, 6.45) is 1.74. The number of imide groups is 1. The number of piperidine rings is 1. The van der Waals surface area contributed by atoms with Gasteiger partial charge in [0.05, 0.1) is 41.8 Å². The van der Waals surface area contributed by atoms with Gasteiger partial charge < -0.3 is 74.2 Å². The highest BCUT2D eigenvalue weighted by molar-refractivity contribution is 7.22. The average molecular weight is 1500 g/mol. The second-order valence-corrected chi connectivity index (χ2v) is 31.1. The van der Waals surface area contributed by atoms with Gasteiger partial charge in [0, 0.05) is 117 Å². The number of carboxylic acid groups (broad SMARTS) is 3. The number of carbonyl (C=O) groups is 8. The number of benzene rings is 3. The number of ether oxygens (including phenoxy) is 6. The zero-order valence-corrected chi connectivity index (χ0v) is 60.7. The fourth-order valence-electron chi connectivity index (χ4n) is 18.0. The predicted octanol–water partition coefficient (Wildman–Crippen LogP) is 6.58. The van der Waals surface area contributed by atoms with Crippen LogP contribution in [-0.4, -0.2) is 227 Å². The number of carbonyl (C=O) groups excluding carboxylic acids is 5. The van der Waals surface area contributed by atoms with Gasteiger partial charge in [0.15, 0.2) is 16.9 Å². The van der Waals surface area contributed by atoms with Crippen molar-refractivity contribution in [3.63, 3.8) is 0 Å². The SMILES string of the molecule is Cc1c(-c2ccc(N3CCc4cccc(C(=O)Nc5nc6ccccc6s5)c4C3)nc2C(=O)O)cnn1CC12CC3(C)CC(C)(C1)CC(OCCN(CCCC(=O)O)C1CCN(C(=O)OCc4ccc(O[C@@H]5O[C@H](C(=O)O)[C@@H](O)[C@H](O)[C@H]5O)cc4OCCOCCNC(=O)CCN4C(=O)C=CC4=O)CC1)(C3)C2. The first kappa shape index (κ1) is 75.8. The van der Waals surface area contributed by atoms with Crippen molar-refractivity contribution < 1.29 is 97.4 Å². The molecular weight excluding hydrogens is 1400 g/mol. The Bertz CT molecular complexity index is 4330. The Morgan fingerprint density at radius 1 is 0.785 bits per heavy atom. The van der Waals surface area contributed by atoms with E-state index in [0.717, 1.165) is 82.6 Å². The molecule has 30 nitrogen and oxygen atoms in total. The summed E-state index contributed by atoms with van der Waals surface area (Å²) in [7, 11) is 0.